The number of hydrogen-bond acceptors (Lipinski definition) is 3. The Morgan fingerprint density at radius 2 is 2.40 bits per heavy atom. The van der Waals surface area contributed by atoms with Gasteiger partial charge < -0.3 is 10.0 Å². The van der Waals surface area contributed by atoms with Crippen molar-refractivity contribution < 1.29 is 9.90 Å². The molecule has 3 nitrogen and oxygen atoms in total. The van der Waals surface area contributed by atoms with Crippen molar-refractivity contribution in [2.45, 2.75) is 19.3 Å². The first-order chi connectivity index (χ1) is 7.08. The van der Waals surface area contributed by atoms with Gasteiger partial charge in [-0.25, -0.2) is 4.79 Å². The zero-order chi connectivity index (χ0) is 11.0. The zero-order valence-corrected chi connectivity index (χ0v) is 9.80. The largest absolute Gasteiger partial charge is 0.477 e. The first-order valence-electron chi connectivity index (χ1n) is 5.12. The highest BCUT2D eigenvalue weighted by molar-refractivity contribution is 7.14. The molecule has 82 valence electrons. The van der Waals surface area contributed by atoms with E-state index in [2.05, 4.69) is 18.9 Å². The summed E-state index contributed by atoms with van der Waals surface area (Å²) in [7, 11) is 2.12. The third-order valence-electron chi connectivity index (χ3n) is 2.85. The van der Waals surface area contributed by atoms with E-state index in [1.165, 1.54) is 21.8 Å². The molecule has 2 heterocycles. The van der Waals surface area contributed by atoms with Crippen molar-refractivity contribution in [1.82, 2.24) is 4.90 Å². The number of carboxylic acids is 1. The lowest BCUT2D eigenvalue weighted by atomic mass is 10.1. The molecule has 0 aliphatic carbocycles. The van der Waals surface area contributed by atoms with Crippen LogP contribution in [0.25, 0.3) is 0 Å². The maximum absolute atomic E-state index is 10.9. The van der Waals surface area contributed by atoms with E-state index in [-0.39, 0.29) is 0 Å². The summed E-state index contributed by atoms with van der Waals surface area (Å²) >= 11 is 1.44. The van der Waals surface area contributed by atoms with Gasteiger partial charge in [-0.2, -0.15) is 0 Å². The predicted molar refractivity (Wildman–Crippen MR) is 60.9 cm³/mol. The van der Waals surface area contributed by atoms with Crippen LogP contribution in [0, 0.1) is 0 Å². The zero-order valence-electron chi connectivity index (χ0n) is 8.99. The van der Waals surface area contributed by atoms with E-state index in [9.17, 15) is 4.79 Å². The highest BCUT2D eigenvalue weighted by Crippen LogP contribution is 2.32. The molecular formula is C11H15NO2S. The van der Waals surface area contributed by atoms with E-state index in [0.717, 1.165) is 19.5 Å². The number of aromatic carboxylic acids is 1. The van der Waals surface area contributed by atoms with E-state index >= 15 is 0 Å². The van der Waals surface area contributed by atoms with Gasteiger partial charge >= 0.3 is 5.97 Å². The minimum Gasteiger partial charge on any atom is -0.477 e. The van der Waals surface area contributed by atoms with E-state index in [1.807, 2.05) is 6.07 Å². The van der Waals surface area contributed by atoms with Gasteiger partial charge in [0.2, 0.25) is 0 Å². The second kappa shape index (κ2) is 3.94. The van der Waals surface area contributed by atoms with E-state index in [4.69, 9.17) is 5.11 Å². The number of fused-ring (bicyclic) bond motifs is 1. The molecule has 0 saturated carbocycles. The Bertz CT molecular complexity index is 386. The number of hydrogen-bond donors (Lipinski definition) is 1. The van der Waals surface area contributed by atoms with E-state index in [0.29, 0.717) is 10.8 Å². The summed E-state index contributed by atoms with van der Waals surface area (Å²) in [4.78, 5) is 14.9. The second-order valence-corrected chi connectivity index (χ2v) is 5.30. The van der Waals surface area contributed by atoms with Crippen LogP contribution in [-0.4, -0.2) is 36.1 Å². The molecule has 0 spiro atoms. The van der Waals surface area contributed by atoms with Crippen LogP contribution in [0.5, 0.6) is 0 Å². The molecule has 0 bridgehead atoms. The molecule has 1 aliphatic rings. The average Bonchev–Trinajstić information content (AvgIpc) is 2.53. The molecule has 1 atom stereocenters. The first kappa shape index (κ1) is 10.6. The van der Waals surface area contributed by atoms with Crippen molar-refractivity contribution in [3.8, 4) is 0 Å². The van der Waals surface area contributed by atoms with Crippen LogP contribution in [0.4, 0.5) is 0 Å². The number of thiophene rings is 1. The molecule has 1 unspecified atom stereocenters. The van der Waals surface area contributed by atoms with Crippen LogP contribution in [0.2, 0.25) is 0 Å². The van der Waals surface area contributed by atoms with Crippen LogP contribution in [-0.2, 0) is 6.42 Å². The molecule has 1 aromatic heterocycles. The average molecular weight is 225 g/mol. The molecule has 2 rings (SSSR count). The quantitative estimate of drug-likeness (QED) is 0.795. The van der Waals surface area contributed by atoms with Gasteiger partial charge in [-0.15, -0.1) is 11.3 Å². The highest BCUT2D eigenvalue weighted by atomic mass is 32.1. The molecule has 4 heteroatoms. The van der Waals surface area contributed by atoms with Crippen LogP contribution < -0.4 is 0 Å². The van der Waals surface area contributed by atoms with Crippen LogP contribution >= 0.6 is 11.3 Å². The first-order valence-corrected chi connectivity index (χ1v) is 5.94. The van der Waals surface area contributed by atoms with Crippen molar-refractivity contribution in [2.24, 2.45) is 0 Å². The molecule has 1 aromatic rings. The Morgan fingerprint density at radius 1 is 1.67 bits per heavy atom. The molecule has 15 heavy (non-hydrogen) atoms. The minimum atomic E-state index is -0.798. The Kier molecular flexibility index (Phi) is 2.80. The van der Waals surface area contributed by atoms with Crippen LogP contribution in [0.3, 0.4) is 0 Å². The maximum atomic E-state index is 10.9. The summed E-state index contributed by atoms with van der Waals surface area (Å²) in [5.41, 5.74) is 1.23. The van der Waals surface area contributed by atoms with Gasteiger partial charge in [0.1, 0.15) is 4.88 Å². The number of carboxylic acid groups (broad SMARTS) is 1. The van der Waals surface area contributed by atoms with Gasteiger partial charge in [0.25, 0.3) is 0 Å². The Labute approximate surface area is 93.3 Å². The molecule has 1 N–H and O–H groups in total. The van der Waals surface area contributed by atoms with E-state index in [1.54, 1.807) is 0 Å². The smallest absolute Gasteiger partial charge is 0.345 e. The summed E-state index contributed by atoms with van der Waals surface area (Å²) in [6.45, 7) is 4.21. The number of likely N-dealkylation sites (N-methyl/N-ethyl adjacent to an activating group) is 1. The van der Waals surface area contributed by atoms with Gasteiger partial charge in [0.15, 0.2) is 0 Å². The van der Waals surface area contributed by atoms with Crippen molar-refractivity contribution in [3.05, 3.63) is 21.4 Å². The number of rotatable bonds is 1. The van der Waals surface area contributed by atoms with Crippen LogP contribution in [0.15, 0.2) is 6.07 Å². The molecule has 0 fully saturated rings. The van der Waals surface area contributed by atoms with Gasteiger partial charge in [-0.05, 0) is 25.1 Å². The fraction of sp³-hybridized carbons (Fsp3) is 0.545. The molecular weight excluding hydrogens is 210 g/mol. The fourth-order valence-corrected chi connectivity index (χ4v) is 3.21. The third-order valence-corrected chi connectivity index (χ3v) is 4.25. The molecule has 0 saturated heterocycles. The molecule has 0 radical (unpaired) electrons. The molecule has 0 amide bonds. The standard InChI is InChI=1S/C11H15NO2S/c1-7-6-12(2)4-3-8-5-9(11(13)14)15-10(7)8/h5,7H,3-4,6H2,1-2H3,(H,13,14). The summed E-state index contributed by atoms with van der Waals surface area (Å²) in [5.74, 6) is -0.348. The van der Waals surface area contributed by atoms with Crippen LogP contribution in [0.1, 0.15) is 33.0 Å². The summed E-state index contributed by atoms with van der Waals surface area (Å²) < 4.78 is 0. The minimum absolute atomic E-state index is 0.450. The Morgan fingerprint density at radius 3 is 3.07 bits per heavy atom. The lowest BCUT2D eigenvalue weighted by molar-refractivity contribution is 0.0702. The summed E-state index contributed by atoms with van der Waals surface area (Å²) in [6.07, 6.45) is 0.972. The Balaban J connectivity index is 2.35. The van der Waals surface area contributed by atoms with Crippen molar-refractivity contribution in [3.63, 3.8) is 0 Å². The molecule has 0 aromatic carbocycles. The van der Waals surface area contributed by atoms with Gasteiger partial charge in [0, 0.05) is 23.9 Å². The van der Waals surface area contributed by atoms with Crippen molar-refractivity contribution in [2.75, 3.05) is 20.1 Å². The van der Waals surface area contributed by atoms with Crippen molar-refractivity contribution >= 4 is 17.3 Å². The third kappa shape index (κ3) is 2.06. The monoisotopic (exact) mass is 225 g/mol. The molecule has 1 aliphatic heterocycles. The summed E-state index contributed by atoms with van der Waals surface area (Å²) in [6, 6.07) is 1.85. The lowest BCUT2D eigenvalue weighted by Crippen LogP contribution is -2.22. The van der Waals surface area contributed by atoms with Gasteiger partial charge in [0.05, 0.1) is 0 Å². The van der Waals surface area contributed by atoms with Crippen molar-refractivity contribution in [1.29, 1.82) is 0 Å². The second-order valence-electron chi connectivity index (χ2n) is 4.22. The topological polar surface area (TPSA) is 40.5 Å². The number of nitrogens with zero attached hydrogens (tertiary/aromatic N) is 1. The summed E-state index contributed by atoms with van der Waals surface area (Å²) in [5, 5.41) is 8.94. The highest BCUT2D eigenvalue weighted by Gasteiger charge is 2.22. The van der Waals surface area contributed by atoms with Gasteiger partial charge in [-0.1, -0.05) is 6.92 Å². The van der Waals surface area contributed by atoms with Gasteiger partial charge in [-0.3, -0.25) is 0 Å². The number of carbonyl (C=O) groups is 1. The SMILES string of the molecule is CC1CN(C)CCc2cc(C(=O)O)sc21. The predicted octanol–water partition coefficient (Wildman–Crippen LogP) is 2.04. The normalized spacial score (nSPS) is 22.1. The van der Waals surface area contributed by atoms with E-state index < -0.39 is 5.97 Å². The lowest BCUT2D eigenvalue weighted by Gasteiger charge is -2.16. The Hall–Kier alpha value is -0.870. The fourth-order valence-electron chi connectivity index (χ4n) is 2.11. The maximum Gasteiger partial charge on any atom is 0.345 e.